The van der Waals surface area contributed by atoms with E-state index in [2.05, 4.69) is 17.6 Å². The molecule has 1 aliphatic heterocycles. The molecule has 1 saturated heterocycles. The highest BCUT2D eigenvalue weighted by molar-refractivity contribution is 5.85. The minimum Gasteiger partial charge on any atom is -0.356 e. The van der Waals surface area contributed by atoms with Gasteiger partial charge in [0, 0.05) is 13.1 Å². The molecule has 2 aliphatic rings. The number of hydrogen-bond acceptors (Lipinski definition) is 2. The van der Waals surface area contributed by atoms with Gasteiger partial charge >= 0.3 is 0 Å². The number of amides is 1. The second-order valence-corrected chi connectivity index (χ2v) is 4.41. The van der Waals surface area contributed by atoms with Crippen molar-refractivity contribution in [2.24, 2.45) is 17.8 Å². The first-order valence-electron chi connectivity index (χ1n) is 5.26. The Morgan fingerprint density at radius 2 is 2.29 bits per heavy atom. The predicted molar refractivity (Wildman–Crippen MR) is 58.5 cm³/mol. The first-order chi connectivity index (χ1) is 6.27. The minimum absolute atomic E-state index is 0. The van der Waals surface area contributed by atoms with Gasteiger partial charge in [0.25, 0.3) is 0 Å². The molecule has 0 aromatic rings. The molecule has 1 heterocycles. The number of nitrogens with one attached hydrogen (secondary N) is 2. The molecular weight excluding hydrogens is 200 g/mol. The summed E-state index contributed by atoms with van der Waals surface area (Å²) in [6, 6.07) is 0. The second-order valence-electron chi connectivity index (χ2n) is 4.41. The van der Waals surface area contributed by atoms with Crippen LogP contribution >= 0.6 is 12.4 Å². The van der Waals surface area contributed by atoms with E-state index in [1.807, 2.05) is 0 Å². The van der Waals surface area contributed by atoms with Crippen LogP contribution in [0.15, 0.2) is 0 Å². The van der Waals surface area contributed by atoms with Crippen molar-refractivity contribution >= 4 is 18.3 Å². The van der Waals surface area contributed by atoms with Crippen molar-refractivity contribution < 1.29 is 4.79 Å². The van der Waals surface area contributed by atoms with Crippen molar-refractivity contribution in [3.63, 3.8) is 0 Å². The van der Waals surface area contributed by atoms with Crippen LogP contribution in [-0.4, -0.2) is 25.5 Å². The lowest BCUT2D eigenvalue weighted by Gasteiger charge is -2.08. The van der Waals surface area contributed by atoms with Gasteiger partial charge in [-0.05, 0) is 31.2 Å². The fourth-order valence-corrected chi connectivity index (χ4v) is 1.94. The number of hydrogen-bond donors (Lipinski definition) is 2. The molecule has 3 atom stereocenters. The molecule has 14 heavy (non-hydrogen) atoms. The summed E-state index contributed by atoms with van der Waals surface area (Å²) < 4.78 is 0. The fraction of sp³-hybridized carbons (Fsp3) is 0.900. The van der Waals surface area contributed by atoms with Crippen molar-refractivity contribution in [1.82, 2.24) is 10.6 Å². The molecular formula is C10H19ClN2O. The Bertz CT molecular complexity index is 204. The van der Waals surface area contributed by atoms with Crippen molar-refractivity contribution in [2.75, 3.05) is 19.6 Å². The van der Waals surface area contributed by atoms with E-state index in [9.17, 15) is 4.79 Å². The summed E-state index contributed by atoms with van der Waals surface area (Å²) in [6.45, 7) is 5.01. The van der Waals surface area contributed by atoms with E-state index in [1.54, 1.807) is 0 Å². The molecule has 0 aromatic heterocycles. The van der Waals surface area contributed by atoms with Gasteiger partial charge in [-0.15, -0.1) is 12.4 Å². The summed E-state index contributed by atoms with van der Waals surface area (Å²) in [5.41, 5.74) is 0. The third-order valence-electron chi connectivity index (χ3n) is 3.25. The molecule has 1 aliphatic carbocycles. The summed E-state index contributed by atoms with van der Waals surface area (Å²) >= 11 is 0. The Morgan fingerprint density at radius 3 is 2.79 bits per heavy atom. The molecule has 4 heteroatoms. The average molecular weight is 219 g/mol. The van der Waals surface area contributed by atoms with Gasteiger partial charge in [0.05, 0.1) is 5.92 Å². The molecule has 0 radical (unpaired) electrons. The molecule has 3 nitrogen and oxygen atoms in total. The van der Waals surface area contributed by atoms with Gasteiger partial charge < -0.3 is 10.6 Å². The van der Waals surface area contributed by atoms with Crippen LogP contribution < -0.4 is 10.6 Å². The lowest BCUT2D eigenvalue weighted by Crippen LogP contribution is -2.33. The molecule has 0 bridgehead atoms. The van der Waals surface area contributed by atoms with E-state index in [0.717, 1.165) is 37.9 Å². The fourth-order valence-electron chi connectivity index (χ4n) is 1.94. The van der Waals surface area contributed by atoms with Crippen LogP contribution in [0.1, 0.15) is 19.8 Å². The van der Waals surface area contributed by atoms with E-state index in [4.69, 9.17) is 0 Å². The quantitative estimate of drug-likeness (QED) is 0.736. The average Bonchev–Trinajstić information content (AvgIpc) is 2.67. The maximum atomic E-state index is 11.5. The monoisotopic (exact) mass is 218 g/mol. The first kappa shape index (κ1) is 11.8. The van der Waals surface area contributed by atoms with Gasteiger partial charge in [-0.3, -0.25) is 4.79 Å². The van der Waals surface area contributed by atoms with Gasteiger partial charge in [-0.1, -0.05) is 6.92 Å². The Labute approximate surface area is 91.4 Å². The molecule has 2 rings (SSSR count). The molecule has 0 aromatic carbocycles. The number of rotatable bonds is 3. The van der Waals surface area contributed by atoms with Crippen LogP contribution in [0.5, 0.6) is 0 Å². The normalized spacial score (nSPS) is 34.8. The summed E-state index contributed by atoms with van der Waals surface area (Å²) in [6.07, 6.45) is 2.30. The Kier molecular flexibility index (Phi) is 4.20. The third-order valence-corrected chi connectivity index (χ3v) is 3.25. The standard InChI is InChI=1S/C10H18N2O.ClH/c1-7-4-9(7)6-12-10(13)8-2-3-11-5-8;/h7-9,11H,2-6H2,1H3,(H,12,13);1H/t7?,8-,9?;/m1./s1. The predicted octanol–water partition coefficient (Wildman–Crippen LogP) is 0.790. The molecule has 2 N–H and O–H groups in total. The third kappa shape index (κ3) is 2.85. The van der Waals surface area contributed by atoms with Gasteiger partial charge in [-0.2, -0.15) is 0 Å². The summed E-state index contributed by atoms with van der Waals surface area (Å²) in [5.74, 6) is 2.08. The Hall–Kier alpha value is -0.280. The van der Waals surface area contributed by atoms with E-state index >= 15 is 0 Å². The first-order valence-corrected chi connectivity index (χ1v) is 5.26. The molecule has 2 unspecified atom stereocenters. The zero-order valence-corrected chi connectivity index (χ0v) is 9.40. The number of halogens is 1. The van der Waals surface area contributed by atoms with Crippen LogP contribution in [0.2, 0.25) is 0 Å². The molecule has 1 amide bonds. The number of carbonyl (C=O) groups is 1. The largest absolute Gasteiger partial charge is 0.356 e. The van der Waals surface area contributed by atoms with Crippen molar-refractivity contribution in [1.29, 1.82) is 0 Å². The maximum Gasteiger partial charge on any atom is 0.224 e. The van der Waals surface area contributed by atoms with Crippen LogP contribution in [0.3, 0.4) is 0 Å². The minimum atomic E-state index is 0. The highest BCUT2D eigenvalue weighted by Gasteiger charge is 2.33. The smallest absolute Gasteiger partial charge is 0.224 e. The maximum absolute atomic E-state index is 11.5. The van der Waals surface area contributed by atoms with Crippen LogP contribution in [-0.2, 0) is 4.79 Å². The lowest BCUT2D eigenvalue weighted by atomic mass is 10.1. The SMILES string of the molecule is CC1CC1CNC(=O)[C@@H]1CCNC1.Cl. The summed E-state index contributed by atoms with van der Waals surface area (Å²) in [5, 5.41) is 6.24. The molecule has 1 saturated carbocycles. The van der Waals surface area contributed by atoms with Gasteiger partial charge in [0.1, 0.15) is 0 Å². The van der Waals surface area contributed by atoms with Crippen molar-refractivity contribution in [2.45, 2.75) is 19.8 Å². The second kappa shape index (κ2) is 4.99. The lowest BCUT2D eigenvalue weighted by molar-refractivity contribution is -0.124. The Morgan fingerprint density at radius 1 is 1.57 bits per heavy atom. The summed E-state index contributed by atoms with van der Waals surface area (Å²) in [4.78, 5) is 11.5. The van der Waals surface area contributed by atoms with E-state index in [-0.39, 0.29) is 24.2 Å². The molecule has 2 fully saturated rings. The molecule has 82 valence electrons. The van der Waals surface area contributed by atoms with E-state index < -0.39 is 0 Å². The zero-order valence-electron chi connectivity index (χ0n) is 8.58. The van der Waals surface area contributed by atoms with Crippen molar-refractivity contribution in [3.05, 3.63) is 0 Å². The van der Waals surface area contributed by atoms with Crippen LogP contribution in [0.4, 0.5) is 0 Å². The van der Waals surface area contributed by atoms with Gasteiger partial charge in [0.15, 0.2) is 0 Å². The van der Waals surface area contributed by atoms with Crippen molar-refractivity contribution in [3.8, 4) is 0 Å². The molecule has 0 spiro atoms. The van der Waals surface area contributed by atoms with Crippen LogP contribution in [0.25, 0.3) is 0 Å². The van der Waals surface area contributed by atoms with Gasteiger partial charge in [-0.25, -0.2) is 0 Å². The van der Waals surface area contributed by atoms with Gasteiger partial charge in [0.2, 0.25) is 5.91 Å². The van der Waals surface area contributed by atoms with Crippen LogP contribution in [0, 0.1) is 17.8 Å². The van der Waals surface area contributed by atoms with E-state index in [1.165, 1.54) is 6.42 Å². The summed E-state index contributed by atoms with van der Waals surface area (Å²) in [7, 11) is 0. The Balaban J connectivity index is 0.000000980. The number of carbonyl (C=O) groups excluding carboxylic acids is 1. The van der Waals surface area contributed by atoms with E-state index in [0.29, 0.717) is 0 Å². The highest BCUT2D eigenvalue weighted by Crippen LogP contribution is 2.36. The zero-order chi connectivity index (χ0) is 9.26. The highest BCUT2D eigenvalue weighted by atomic mass is 35.5. The topological polar surface area (TPSA) is 41.1 Å².